The Bertz CT molecular complexity index is 1070. The number of aromatic nitrogens is 2. The molecule has 1 saturated heterocycles. The maximum absolute atomic E-state index is 13.2. The van der Waals surface area contributed by atoms with Gasteiger partial charge in [-0.05, 0) is 49.7 Å². The van der Waals surface area contributed by atoms with E-state index in [9.17, 15) is 18.0 Å². The molecule has 30 heavy (non-hydrogen) atoms. The normalized spacial score (nSPS) is 14.9. The van der Waals surface area contributed by atoms with E-state index in [4.69, 9.17) is 0 Å². The van der Waals surface area contributed by atoms with Gasteiger partial charge in [0.05, 0.1) is 23.4 Å². The third kappa shape index (κ3) is 4.46. The van der Waals surface area contributed by atoms with Crippen LogP contribution in [0.4, 0.5) is 13.2 Å². The van der Waals surface area contributed by atoms with Crippen molar-refractivity contribution in [2.75, 3.05) is 19.6 Å². The standard InChI is InChI=1S/C23H22F3N3O/c24-23(25,26)19-10-6-9-18(15-19)21-16-20(17-7-2-1-3-8-17)22(30)29(27-21)14-13-28-11-4-5-12-28/h1-3,6-10,15-16H,4-5,11-14H2. The number of halogens is 3. The van der Waals surface area contributed by atoms with E-state index in [1.165, 1.54) is 10.7 Å². The van der Waals surface area contributed by atoms with Crippen molar-refractivity contribution in [3.63, 3.8) is 0 Å². The van der Waals surface area contributed by atoms with Gasteiger partial charge in [0.15, 0.2) is 0 Å². The summed E-state index contributed by atoms with van der Waals surface area (Å²) in [5.74, 6) is 0. The molecule has 0 spiro atoms. The fourth-order valence-electron chi connectivity index (χ4n) is 3.76. The Morgan fingerprint density at radius 2 is 1.57 bits per heavy atom. The van der Waals surface area contributed by atoms with Crippen LogP contribution in [0.3, 0.4) is 0 Å². The molecule has 1 fully saturated rings. The molecule has 0 saturated carbocycles. The quantitative estimate of drug-likeness (QED) is 0.609. The number of benzene rings is 2. The summed E-state index contributed by atoms with van der Waals surface area (Å²) in [6.45, 7) is 3.07. The third-order valence-corrected chi connectivity index (χ3v) is 5.37. The lowest BCUT2D eigenvalue weighted by atomic mass is 10.0. The van der Waals surface area contributed by atoms with Crippen LogP contribution < -0.4 is 5.56 Å². The zero-order chi connectivity index (χ0) is 21.1. The Hall–Kier alpha value is -2.93. The molecule has 0 N–H and O–H groups in total. The van der Waals surface area contributed by atoms with Gasteiger partial charge in [-0.1, -0.05) is 42.5 Å². The number of hydrogen-bond donors (Lipinski definition) is 0. The molecular formula is C23H22F3N3O. The lowest BCUT2D eigenvalue weighted by Gasteiger charge is -2.16. The minimum absolute atomic E-state index is 0.240. The van der Waals surface area contributed by atoms with Gasteiger partial charge in [-0.3, -0.25) is 4.79 Å². The van der Waals surface area contributed by atoms with Gasteiger partial charge in [-0.15, -0.1) is 0 Å². The van der Waals surface area contributed by atoms with E-state index in [1.807, 2.05) is 30.3 Å². The summed E-state index contributed by atoms with van der Waals surface area (Å²) < 4.78 is 40.9. The van der Waals surface area contributed by atoms with Crippen molar-refractivity contribution >= 4 is 0 Å². The highest BCUT2D eigenvalue weighted by molar-refractivity contribution is 5.69. The van der Waals surface area contributed by atoms with E-state index in [0.717, 1.165) is 38.1 Å². The monoisotopic (exact) mass is 413 g/mol. The number of likely N-dealkylation sites (tertiary alicyclic amines) is 1. The third-order valence-electron chi connectivity index (χ3n) is 5.37. The van der Waals surface area contributed by atoms with Crippen LogP contribution in [0.25, 0.3) is 22.4 Å². The minimum atomic E-state index is -4.44. The second-order valence-electron chi connectivity index (χ2n) is 7.46. The molecular weight excluding hydrogens is 391 g/mol. The second-order valence-corrected chi connectivity index (χ2v) is 7.46. The van der Waals surface area contributed by atoms with E-state index in [2.05, 4.69) is 10.00 Å². The molecule has 156 valence electrons. The topological polar surface area (TPSA) is 38.1 Å². The summed E-state index contributed by atoms with van der Waals surface area (Å²) in [5, 5.41) is 4.42. The summed E-state index contributed by atoms with van der Waals surface area (Å²) in [4.78, 5) is 15.4. The van der Waals surface area contributed by atoms with Gasteiger partial charge in [-0.2, -0.15) is 18.3 Å². The van der Waals surface area contributed by atoms with E-state index < -0.39 is 11.7 Å². The highest BCUT2D eigenvalue weighted by atomic mass is 19.4. The van der Waals surface area contributed by atoms with Crippen LogP contribution in [0.15, 0.2) is 65.5 Å². The van der Waals surface area contributed by atoms with Crippen molar-refractivity contribution in [2.24, 2.45) is 0 Å². The molecule has 4 nitrogen and oxygen atoms in total. The van der Waals surface area contributed by atoms with Gasteiger partial charge >= 0.3 is 6.18 Å². The van der Waals surface area contributed by atoms with Crippen LogP contribution >= 0.6 is 0 Å². The average Bonchev–Trinajstić information content (AvgIpc) is 3.27. The molecule has 0 unspecified atom stereocenters. The molecule has 1 aromatic heterocycles. The fraction of sp³-hybridized carbons (Fsp3) is 0.304. The lowest BCUT2D eigenvalue weighted by molar-refractivity contribution is -0.137. The zero-order valence-corrected chi connectivity index (χ0v) is 16.4. The van der Waals surface area contributed by atoms with Crippen molar-refractivity contribution in [3.05, 3.63) is 76.6 Å². The molecule has 2 aromatic carbocycles. The Morgan fingerprint density at radius 1 is 0.867 bits per heavy atom. The summed E-state index contributed by atoms with van der Waals surface area (Å²) in [5.41, 5.74) is 0.847. The number of alkyl halides is 3. The largest absolute Gasteiger partial charge is 0.416 e. The Kier molecular flexibility index (Phi) is 5.72. The maximum atomic E-state index is 13.2. The zero-order valence-electron chi connectivity index (χ0n) is 16.4. The molecule has 2 heterocycles. The second kappa shape index (κ2) is 8.44. The molecule has 0 aliphatic carbocycles. The van der Waals surface area contributed by atoms with Crippen molar-refractivity contribution in [1.82, 2.24) is 14.7 Å². The van der Waals surface area contributed by atoms with Gasteiger partial charge in [-0.25, -0.2) is 4.68 Å². The van der Waals surface area contributed by atoms with Crippen LogP contribution in [0.1, 0.15) is 18.4 Å². The minimum Gasteiger partial charge on any atom is -0.301 e. The smallest absolute Gasteiger partial charge is 0.301 e. The van der Waals surface area contributed by atoms with Gasteiger partial charge < -0.3 is 4.90 Å². The molecule has 7 heteroatoms. The molecule has 0 atom stereocenters. The summed E-state index contributed by atoms with van der Waals surface area (Å²) in [6, 6.07) is 15.8. The highest BCUT2D eigenvalue weighted by Crippen LogP contribution is 2.32. The molecule has 0 radical (unpaired) electrons. The van der Waals surface area contributed by atoms with Crippen molar-refractivity contribution in [3.8, 4) is 22.4 Å². The van der Waals surface area contributed by atoms with Crippen LogP contribution in [-0.4, -0.2) is 34.3 Å². The van der Waals surface area contributed by atoms with Crippen molar-refractivity contribution in [1.29, 1.82) is 0 Å². The maximum Gasteiger partial charge on any atom is 0.416 e. The van der Waals surface area contributed by atoms with Gasteiger partial charge in [0.1, 0.15) is 0 Å². The molecule has 0 amide bonds. The highest BCUT2D eigenvalue weighted by Gasteiger charge is 2.30. The summed E-state index contributed by atoms with van der Waals surface area (Å²) in [6.07, 6.45) is -2.16. The first kappa shape index (κ1) is 20.3. The Morgan fingerprint density at radius 3 is 2.27 bits per heavy atom. The van der Waals surface area contributed by atoms with Crippen molar-refractivity contribution < 1.29 is 13.2 Å². The fourth-order valence-corrected chi connectivity index (χ4v) is 3.76. The molecule has 0 bridgehead atoms. The average molecular weight is 413 g/mol. The summed E-state index contributed by atoms with van der Waals surface area (Å²) in [7, 11) is 0. The van der Waals surface area contributed by atoms with Crippen LogP contribution in [-0.2, 0) is 12.7 Å². The van der Waals surface area contributed by atoms with E-state index >= 15 is 0 Å². The van der Waals surface area contributed by atoms with Crippen LogP contribution in [0.2, 0.25) is 0 Å². The Balaban J connectivity index is 1.78. The predicted octanol–water partition coefficient (Wildman–Crippen LogP) is 4.69. The first-order chi connectivity index (χ1) is 14.4. The van der Waals surface area contributed by atoms with Gasteiger partial charge in [0, 0.05) is 12.1 Å². The Labute approximate surface area is 172 Å². The van der Waals surface area contributed by atoms with Crippen LogP contribution in [0.5, 0.6) is 0 Å². The van der Waals surface area contributed by atoms with E-state index in [1.54, 1.807) is 12.1 Å². The van der Waals surface area contributed by atoms with Crippen LogP contribution in [0, 0.1) is 0 Å². The SMILES string of the molecule is O=c1c(-c2ccccc2)cc(-c2cccc(C(F)(F)F)c2)nn1CCN1CCCC1. The molecule has 1 aliphatic heterocycles. The molecule has 3 aromatic rings. The van der Waals surface area contributed by atoms with Gasteiger partial charge in [0.2, 0.25) is 0 Å². The predicted molar refractivity (Wildman–Crippen MR) is 110 cm³/mol. The number of rotatable bonds is 5. The van der Waals surface area contributed by atoms with E-state index in [-0.39, 0.29) is 5.56 Å². The molecule has 1 aliphatic rings. The lowest BCUT2D eigenvalue weighted by Crippen LogP contribution is -2.31. The summed E-state index contributed by atoms with van der Waals surface area (Å²) >= 11 is 0. The van der Waals surface area contributed by atoms with Crippen molar-refractivity contribution in [2.45, 2.75) is 25.6 Å². The van der Waals surface area contributed by atoms with E-state index in [0.29, 0.717) is 35.5 Å². The van der Waals surface area contributed by atoms with Gasteiger partial charge in [0.25, 0.3) is 5.56 Å². The number of nitrogens with zero attached hydrogens (tertiary/aromatic N) is 3. The first-order valence-electron chi connectivity index (χ1n) is 9.99. The molecule has 4 rings (SSSR count). The first-order valence-corrected chi connectivity index (χ1v) is 9.99. The number of hydrogen-bond acceptors (Lipinski definition) is 3.